The Kier molecular flexibility index (Phi) is 5.28. The summed E-state index contributed by atoms with van der Waals surface area (Å²) in [6.45, 7) is 3.58. The molecule has 2 unspecified atom stereocenters. The number of nitrogens with zero attached hydrogens (tertiary/aromatic N) is 3. The van der Waals surface area contributed by atoms with Crippen molar-refractivity contribution in [3.05, 3.63) is 53.6 Å². The highest BCUT2D eigenvalue weighted by Crippen LogP contribution is 2.49. The first-order valence-corrected chi connectivity index (χ1v) is 11.0. The fourth-order valence-electron chi connectivity index (χ4n) is 4.84. The van der Waals surface area contributed by atoms with Crippen LogP contribution >= 0.6 is 0 Å². The smallest absolute Gasteiger partial charge is 0.219 e. The summed E-state index contributed by atoms with van der Waals surface area (Å²) in [4.78, 5) is 15.6. The maximum Gasteiger partial charge on any atom is 0.219 e. The summed E-state index contributed by atoms with van der Waals surface area (Å²) in [5, 5.41) is 1.78. The lowest BCUT2D eigenvalue weighted by Gasteiger charge is -2.41. The van der Waals surface area contributed by atoms with Crippen LogP contribution in [-0.4, -0.2) is 50.5 Å². The van der Waals surface area contributed by atoms with Gasteiger partial charge in [0.05, 0.1) is 5.56 Å². The largest absolute Gasteiger partial charge is 0.489 e. The Morgan fingerprint density at radius 1 is 1.13 bits per heavy atom. The molecule has 1 saturated heterocycles. The Balaban J connectivity index is 1.56. The van der Waals surface area contributed by atoms with Gasteiger partial charge < -0.3 is 9.47 Å². The van der Waals surface area contributed by atoms with Gasteiger partial charge in [0.2, 0.25) is 5.72 Å². The summed E-state index contributed by atoms with van der Waals surface area (Å²) in [5.41, 5.74) is 3.58. The van der Waals surface area contributed by atoms with Crippen LogP contribution in [-0.2, 0) is 15.3 Å². The van der Waals surface area contributed by atoms with Crippen molar-refractivity contribution in [1.29, 1.82) is 0 Å². The Labute approximate surface area is 183 Å². The first-order chi connectivity index (χ1) is 15.1. The molecule has 0 N–H and O–H groups in total. The van der Waals surface area contributed by atoms with Gasteiger partial charge in [0.15, 0.2) is 0 Å². The van der Waals surface area contributed by atoms with Crippen molar-refractivity contribution >= 4 is 12.1 Å². The van der Waals surface area contributed by atoms with E-state index in [1.165, 1.54) is 0 Å². The molecule has 0 saturated carbocycles. The van der Waals surface area contributed by atoms with Crippen LogP contribution in [0.15, 0.2) is 52.4 Å². The van der Waals surface area contributed by atoms with Crippen molar-refractivity contribution in [1.82, 2.24) is 5.06 Å². The van der Waals surface area contributed by atoms with E-state index in [2.05, 4.69) is 47.5 Å². The van der Waals surface area contributed by atoms with Gasteiger partial charge in [-0.3, -0.25) is 4.99 Å². The van der Waals surface area contributed by atoms with Crippen molar-refractivity contribution in [2.24, 2.45) is 15.9 Å². The SMILES string of the molecule is CN=Cc1cccc(-c2ccc3c(c2)C2(CC(C4CCOCC4)O3)N=C(C)N(C)O2)c1. The lowest BCUT2D eigenvalue weighted by Crippen LogP contribution is -2.43. The van der Waals surface area contributed by atoms with Crippen LogP contribution in [0.5, 0.6) is 5.75 Å². The van der Waals surface area contributed by atoms with E-state index >= 15 is 0 Å². The minimum atomic E-state index is -0.742. The molecule has 2 aromatic carbocycles. The molecule has 31 heavy (non-hydrogen) atoms. The maximum absolute atomic E-state index is 6.54. The molecule has 1 fully saturated rings. The normalized spacial score (nSPS) is 26.2. The van der Waals surface area contributed by atoms with Gasteiger partial charge >= 0.3 is 0 Å². The first-order valence-electron chi connectivity index (χ1n) is 11.0. The molecule has 0 aromatic heterocycles. The molecule has 3 heterocycles. The van der Waals surface area contributed by atoms with E-state index in [1.807, 2.05) is 20.2 Å². The number of hydrogen-bond donors (Lipinski definition) is 0. The zero-order valence-electron chi connectivity index (χ0n) is 18.4. The number of ether oxygens (including phenoxy) is 2. The summed E-state index contributed by atoms with van der Waals surface area (Å²) in [7, 11) is 3.71. The Morgan fingerprint density at radius 3 is 2.68 bits per heavy atom. The van der Waals surface area contributed by atoms with Crippen LogP contribution in [0.2, 0.25) is 0 Å². The van der Waals surface area contributed by atoms with Crippen LogP contribution in [0.25, 0.3) is 11.1 Å². The van der Waals surface area contributed by atoms with E-state index in [4.69, 9.17) is 19.3 Å². The minimum Gasteiger partial charge on any atom is -0.489 e. The highest BCUT2D eigenvalue weighted by atomic mass is 16.7. The quantitative estimate of drug-likeness (QED) is 0.691. The number of aliphatic imine (C=N–C) groups is 2. The number of amidine groups is 1. The van der Waals surface area contributed by atoms with Crippen molar-refractivity contribution in [2.45, 2.75) is 38.0 Å². The molecule has 1 spiro atoms. The number of benzene rings is 2. The van der Waals surface area contributed by atoms with Crippen LogP contribution < -0.4 is 4.74 Å². The topological polar surface area (TPSA) is 55.7 Å². The van der Waals surface area contributed by atoms with E-state index < -0.39 is 5.72 Å². The second kappa shape index (κ2) is 8.09. The number of rotatable bonds is 3. The number of hydrogen-bond acceptors (Lipinski definition) is 6. The maximum atomic E-state index is 6.54. The lowest BCUT2D eigenvalue weighted by atomic mass is 9.83. The van der Waals surface area contributed by atoms with Gasteiger partial charge in [-0.15, -0.1) is 0 Å². The van der Waals surface area contributed by atoms with Crippen molar-refractivity contribution in [3.8, 4) is 16.9 Å². The van der Waals surface area contributed by atoms with E-state index in [0.29, 0.717) is 12.3 Å². The molecule has 2 aromatic rings. The third-order valence-corrected chi connectivity index (χ3v) is 6.53. The fourth-order valence-corrected chi connectivity index (χ4v) is 4.84. The highest BCUT2D eigenvalue weighted by molar-refractivity contribution is 5.83. The molecule has 0 aliphatic carbocycles. The molecular formula is C25H29N3O3. The van der Waals surface area contributed by atoms with Crippen LogP contribution in [0.4, 0.5) is 0 Å². The zero-order valence-corrected chi connectivity index (χ0v) is 18.4. The standard InChI is InChI=1S/C25H29N3O3/c1-17-27-25(31-28(17)3)15-24(19-9-11-29-12-10-19)30-23-8-7-21(14-22(23)25)20-6-4-5-18(13-20)16-26-2/h4-8,13-14,16,19,24H,9-12,15H2,1-3H3. The molecule has 3 aliphatic heterocycles. The van der Waals surface area contributed by atoms with E-state index in [1.54, 1.807) is 12.1 Å². The molecule has 6 heteroatoms. The van der Waals surface area contributed by atoms with E-state index in [9.17, 15) is 0 Å². The second-order valence-corrected chi connectivity index (χ2v) is 8.57. The van der Waals surface area contributed by atoms with Crippen LogP contribution in [0.1, 0.15) is 37.3 Å². The predicted molar refractivity (Wildman–Crippen MR) is 122 cm³/mol. The molecule has 162 valence electrons. The second-order valence-electron chi connectivity index (χ2n) is 8.57. The molecular weight excluding hydrogens is 390 g/mol. The zero-order chi connectivity index (χ0) is 21.4. The van der Waals surface area contributed by atoms with Gasteiger partial charge in [-0.2, -0.15) is 0 Å². The lowest BCUT2D eigenvalue weighted by molar-refractivity contribution is -0.195. The Morgan fingerprint density at radius 2 is 1.94 bits per heavy atom. The molecule has 0 bridgehead atoms. The van der Waals surface area contributed by atoms with E-state index in [0.717, 1.165) is 59.9 Å². The summed E-state index contributed by atoms with van der Waals surface area (Å²) < 4.78 is 12.1. The molecule has 2 atom stereocenters. The Bertz CT molecular complexity index is 1030. The van der Waals surface area contributed by atoms with E-state index in [-0.39, 0.29) is 6.10 Å². The first kappa shape index (κ1) is 20.2. The van der Waals surface area contributed by atoms with Gasteiger partial charge in [-0.05, 0) is 54.7 Å². The van der Waals surface area contributed by atoms with Gasteiger partial charge in [0.25, 0.3) is 0 Å². The summed E-state index contributed by atoms with van der Waals surface area (Å²) in [6, 6.07) is 14.7. The molecule has 5 rings (SSSR count). The number of hydroxylamine groups is 2. The van der Waals surface area contributed by atoms with Crippen molar-refractivity contribution < 1.29 is 14.3 Å². The Hall–Kier alpha value is -2.70. The summed E-state index contributed by atoms with van der Waals surface area (Å²) in [6.07, 6.45) is 4.66. The predicted octanol–water partition coefficient (Wildman–Crippen LogP) is 4.43. The summed E-state index contributed by atoms with van der Waals surface area (Å²) in [5.74, 6) is 2.20. The molecule has 3 aliphatic rings. The van der Waals surface area contributed by atoms with Crippen LogP contribution in [0, 0.1) is 5.92 Å². The minimum absolute atomic E-state index is 0.0643. The molecule has 0 amide bonds. The fraction of sp³-hybridized carbons (Fsp3) is 0.440. The average Bonchev–Trinajstić information content (AvgIpc) is 3.08. The highest BCUT2D eigenvalue weighted by Gasteiger charge is 2.49. The van der Waals surface area contributed by atoms with Gasteiger partial charge in [0.1, 0.15) is 17.7 Å². The monoisotopic (exact) mass is 419 g/mol. The van der Waals surface area contributed by atoms with Crippen molar-refractivity contribution in [3.63, 3.8) is 0 Å². The van der Waals surface area contributed by atoms with Gasteiger partial charge in [0, 0.05) is 45.9 Å². The average molecular weight is 420 g/mol. The van der Waals surface area contributed by atoms with Gasteiger partial charge in [-0.25, -0.2) is 14.9 Å². The van der Waals surface area contributed by atoms with Crippen molar-refractivity contribution in [2.75, 3.05) is 27.3 Å². The third kappa shape index (κ3) is 3.75. The number of fused-ring (bicyclic) bond motifs is 2. The molecule has 6 nitrogen and oxygen atoms in total. The van der Waals surface area contributed by atoms with Gasteiger partial charge in [-0.1, -0.05) is 24.3 Å². The molecule has 0 radical (unpaired) electrons. The summed E-state index contributed by atoms with van der Waals surface area (Å²) >= 11 is 0. The third-order valence-electron chi connectivity index (χ3n) is 6.53. The van der Waals surface area contributed by atoms with Crippen LogP contribution in [0.3, 0.4) is 0 Å².